The van der Waals surface area contributed by atoms with Crippen LogP contribution in [0.3, 0.4) is 0 Å². The largest absolute Gasteiger partial charge is 0.333 e. The minimum Gasteiger partial charge on any atom is -0.330 e. The van der Waals surface area contributed by atoms with E-state index in [2.05, 4.69) is 43.4 Å². The summed E-state index contributed by atoms with van der Waals surface area (Å²) in [7, 11) is 0. The number of unbranched alkanes of at least 4 members (excludes halogenated alkanes) is 5. The summed E-state index contributed by atoms with van der Waals surface area (Å²) in [6.07, 6.45) is 22.9. The predicted octanol–water partition coefficient (Wildman–Crippen LogP) is 5.18. The van der Waals surface area contributed by atoms with Crippen LogP contribution in [0.4, 0.5) is 0 Å². The van der Waals surface area contributed by atoms with Gasteiger partial charge in [0, 0.05) is 19.3 Å². The highest BCUT2D eigenvalue weighted by Crippen LogP contribution is 2.13. The highest BCUT2D eigenvalue weighted by molar-refractivity contribution is 6.01. The van der Waals surface area contributed by atoms with E-state index < -0.39 is 17.8 Å². The number of hydroxylamine groups is 2. The van der Waals surface area contributed by atoms with E-state index in [4.69, 9.17) is 4.84 Å². The lowest BCUT2D eigenvalue weighted by Gasteiger charge is -2.12. The minimum absolute atomic E-state index is 0.126. The second-order valence-corrected chi connectivity index (χ2v) is 6.67. The van der Waals surface area contributed by atoms with Gasteiger partial charge >= 0.3 is 5.97 Å². The lowest BCUT2D eigenvalue weighted by atomic mass is 10.2. The molecule has 0 aliphatic carbocycles. The molecular weight excluding hydrogens is 342 g/mol. The van der Waals surface area contributed by atoms with E-state index in [1.807, 2.05) is 0 Å². The van der Waals surface area contributed by atoms with Crippen molar-refractivity contribution in [2.75, 3.05) is 0 Å². The number of amides is 2. The number of imide groups is 1. The van der Waals surface area contributed by atoms with Crippen molar-refractivity contribution >= 4 is 17.8 Å². The second-order valence-electron chi connectivity index (χ2n) is 6.67. The van der Waals surface area contributed by atoms with Gasteiger partial charge in [0.25, 0.3) is 11.8 Å². The summed E-state index contributed by atoms with van der Waals surface area (Å²) in [5.41, 5.74) is 0. The molecule has 0 aromatic heterocycles. The maximum Gasteiger partial charge on any atom is 0.333 e. The van der Waals surface area contributed by atoms with E-state index in [1.165, 1.54) is 25.7 Å². The SMILES string of the molecule is CCCCC/C=C/C/C=C/C/C=C/CCCCC(=O)ON1C(=O)CCC1=O. The van der Waals surface area contributed by atoms with Crippen LogP contribution in [0.5, 0.6) is 0 Å². The van der Waals surface area contributed by atoms with Gasteiger partial charge in [0.1, 0.15) is 0 Å². The fraction of sp³-hybridized carbons (Fsp3) is 0.591. The molecule has 0 unspecified atom stereocenters. The van der Waals surface area contributed by atoms with Crippen molar-refractivity contribution in [1.29, 1.82) is 0 Å². The van der Waals surface area contributed by atoms with E-state index in [0.717, 1.165) is 25.7 Å². The fourth-order valence-corrected chi connectivity index (χ4v) is 2.63. The van der Waals surface area contributed by atoms with Gasteiger partial charge in [0.15, 0.2) is 0 Å². The molecule has 0 spiro atoms. The van der Waals surface area contributed by atoms with Crippen LogP contribution in [0.1, 0.15) is 84.0 Å². The average Bonchev–Trinajstić information content (AvgIpc) is 2.97. The summed E-state index contributed by atoms with van der Waals surface area (Å²) in [5.74, 6) is -1.39. The van der Waals surface area contributed by atoms with Crippen LogP contribution in [-0.4, -0.2) is 22.8 Å². The molecule has 1 aliphatic heterocycles. The highest BCUT2D eigenvalue weighted by Gasteiger charge is 2.32. The smallest absolute Gasteiger partial charge is 0.330 e. The van der Waals surface area contributed by atoms with E-state index >= 15 is 0 Å². The van der Waals surface area contributed by atoms with Crippen LogP contribution < -0.4 is 0 Å². The van der Waals surface area contributed by atoms with E-state index in [0.29, 0.717) is 11.5 Å². The normalized spacial score (nSPS) is 15.1. The van der Waals surface area contributed by atoms with Gasteiger partial charge in [-0.05, 0) is 44.9 Å². The van der Waals surface area contributed by atoms with Gasteiger partial charge in [-0.15, -0.1) is 5.06 Å². The van der Waals surface area contributed by atoms with Crippen molar-refractivity contribution < 1.29 is 19.2 Å². The Bertz CT molecular complexity index is 533. The molecule has 150 valence electrons. The third kappa shape index (κ3) is 11.2. The summed E-state index contributed by atoms with van der Waals surface area (Å²) in [6.45, 7) is 2.22. The Kier molecular flexibility index (Phi) is 12.7. The Balaban J connectivity index is 1.97. The molecule has 0 atom stereocenters. The Morgan fingerprint density at radius 1 is 0.852 bits per heavy atom. The van der Waals surface area contributed by atoms with Gasteiger partial charge in [-0.1, -0.05) is 56.2 Å². The van der Waals surface area contributed by atoms with Crippen LogP contribution in [0.2, 0.25) is 0 Å². The molecule has 27 heavy (non-hydrogen) atoms. The fourth-order valence-electron chi connectivity index (χ4n) is 2.63. The van der Waals surface area contributed by atoms with Gasteiger partial charge in [-0.3, -0.25) is 9.59 Å². The molecule has 5 heteroatoms. The summed E-state index contributed by atoms with van der Waals surface area (Å²) in [4.78, 5) is 39.1. The molecule has 1 fully saturated rings. The van der Waals surface area contributed by atoms with E-state index in [1.54, 1.807) is 0 Å². The second kappa shape index (κ2) is 14.9. The number of hydrogen-bond acceptors (Lipinski definition) is 4. The van der Waals surface area contributed by atoms with Gasteiger partial charge in [-0.25, -0.2) is 4.79 Å². The van der Waals surface area contributed by atoms with Crippen LogP contribution >= 0.6 is 0 Å². The Hall–Kier alpha value is -2.17. The number of carbonyl (C=O) groups is 3. The van der Waals surface area contributed by atoms with Crippen molar-refractivity contribution in [2.45, 2.75) is 84.0 Å². The molecule has 1 aliphatic rings. The standard InChI is InChI=1S/C22H33NO4/c1-2-3-4-5-6-7-8-9-10-11-12-13-14-15-16-17-22(26)27-23-20(24)18-19-21(23)25/h6-7,9-10,12-13H,2-5,8,11,14-19H2,1H3/b7-6+,10-9+,13-12+. The molecular formula is C22H33NO4. The van der Waals surface area contributed by atoms with Gasteiger partial charge in [0.2, 0.25) is 0 Å². The number of hydrogen-bond donors (Lipinski definition) is 0. The molecule has 2 amide bonds. The van der Waals surface area contributed by atoms with Crippen molar-refractivity contribution in [2.24, 2.45) is 0 Å². The lowest BCUT2D eigenvalue weighted by Crippen LogP contribution is -2.31. The zero-order valence-corrected chi connectivity index (χ0v) is 16.5. The monoisotopic (exact) mass is 375 g/mol. The third-order valence-corrected chi connectivity index (χ3v) is 4.22. The Morgan fingerprint density at radius 2 is 1.37 bits per heavy atom. The van der Waals surface area contributed by atoms with Gasteiger partial charge in [-0.2, -0.15) is 0 Å². The quantitative estimate of drug-likeness (QED) is 0.238. The molecule has 0 aromatic carbocycles. The predicted molar refractivity (Wildman–Crippen MR) is 106 cm³/mol. The summed E-state index contributed by atoms with van der Waals surface area (Å²) < 4.78 is 0. The maximum atomic E-state index is 11.6. The van der Waals surface area contributed by atoms with Crippen molar-refractivity contribution in [1.82, 2.24) is 5.06 Å². The van der Waals surface area contributed by atoms with Gasteiger partial charge in [0.05, 0.1) is 0 Å². The number of nitrogens with zero attached hydrogens (tertiary/aromatic N) is 1. The van der Waals surface area contributed by atoms with Crippen molar-refractivity contribution in [3.8, 4) is 0 Å². The molecule has 5 nitrogen and oxygen atoms in total. The van der Waals surface area contributed by atoms with Crippen LogP contribution in [-0.2, 0) is 19.2 Å². The average molecular weight is 376 g/mol. The zero-order valence-electron chi connectivity index (χ0n) is 16.5. The molecule has 1 rings (SSSR count). The molecule has 1 heterocycles. The van der Waals surface area contributed by atoms with E-state index in [9.17, 15) is 14.4 Å². The first kappa shape index (κ1) is 22.9. The molecule has 1 saturated heterocycles. The maximum absolute atomic E-state index is 11.6. The van der Waals surface area contributed by atoms with Crippen LogP contribution in [0.25, 0.3) is 0 Å². The summed E-state index contributed by atoms with van der Waals surface area (Å²) in [5, 5.41) is 0.606. The third-order valence-electron chi connectivity index (χ3n) is 4.22. The molecule has 0 aromatic rings. The van der Waals surface area contributed by atoms with Crippen LogP contribution in [0, 0.1) is 0 Å². The molecule has 0 saturated carbocycles. The van der Waals surface area contributed by atoms with E-state index in [-0.39, 0.29) is 19.3 Å². The highest BCUT2D eigenvalue weighted by atomic mass is 16.7. The number of rotatable bonds is 14. The first-order valence-corrected chi connectivity index (χ1v) is 10.2. The molecule has 0 radical (unpaired) electrons. The first-order valence-electron chi connectivity index (χ1n) is 10.2. The number of allylic oxidation sites excluding steroid dienone is 6. The zero-order chi connectivity index (χ0) is 19.7. The molecule has 0 N–H and O–H groups in total. The number of carbonyl (C=O) groups excluding carboxylic acids is 3. The Labute approximate surface area is 163 Å². The summed E-state index contributed by atoms with van der Waals surface area (Å²) >= 11 is 0. The van der Waals surface area contributed by atoms with Crippen molar-refractivity contribution in [3.05, 3.63) is 36.5 Å². The summed E-state index contributed by atoms with van der Waals surface area (Å²) in [6, 6.07) is 0. The first-order chi connectivity index (χ1) is 13.1. The minimum atomic E-state index is -0.520. The Morgan fingerprint density at radius 3 is 1.93 bits per heavy atom. The van der Waals surface area contributed by atoms with Crippen molar-refractivity contribution in [3.63, 3.8) is 0 Å². The van der Waals surface area contributed by atoms with Crippen LogP contribution in [0.15, 0.2) is 36.5 Å². The topological polar surface area (TPSA) is 63.7 Å². The van der Waals surface area contributed by atoms with Gasteiger partial charge < -0.3 is 4.84 Å². The molecule has 0 bridgehead atoms. The lowest BCUT2D eigenvalue weighted by molar-refractivity contribution is -0.197.